The number of unbranched alkanes of at least 4 members (excludes halogenated alkanes) is 1. The number of hydrogen-bond acceptors (Lipinski definition) is 1. The zero-order valence-corrected chi connectivity index (χ0v) is 11.2. The molecule has 1 rings (SSSR count). The molecule has 98 valence electrons. The zero-order chi connectivity index (χ0) is 12.3. The van der Waals surface area contributed by atoms with Crippen molar-refractivity contribution < 1.29 is 0 Å². The van der Waals surface area contributed by atoms with Gasteiger partial charge in [0.05, 0.1) is 0 Å². The number of nitrogens with zero attached hydrogens (tertiary/aromatic N) is 1. The first-order valence-electron chi connectivity index (χ1n) is 6.92. The summed E-state index contributed by atoms with van der Waals surface area (Å²) >= 11 is 0. The largest absolute Gasteiger partial charge is 0.356 e. The van der Waals surface area contributed by atoms with E-state index < -0.39 is 0 Å². The molecule has 0 aliphatic heterocycles. The molecule has 1 aliphatic rings. The average molecular weight is 237 g/mol. The summed E-state index contributed by atoms with van der Waals surface area (Å²) < 4.78 is 0. The van der Waals surface area contributed by atoms with Gasteiger partial charge in [0.25, 0.3) is 0 Å². The molecule has 0 radical (unpaired) electrons. The van der Waals surface area contributed by atoms with Gasteiger partial charge in [0.2, 0.25) is 0 Å². The van der Waals surface area contributed by atoms with E-state index in [9.17, 15) is 0 Å². The van der Waals surface area contributed by atoms with E-state index in [0.29, 0.717) is 0 Å². The van der Waals surface area contributed by atoms with Gasteiger partial charge in [-0.1, -0.05) is 44.6 Å². The summed E-state index contributed by atoms with van der Waals surface area (Å²) in [6.45, 7) is 5.46. The lowest BCUT2D eigenvalue weighted by atomic mass is 10.0. The molecule has 3 nitrogen and oxygen atoms in total. The molecule has 0 aromatic carbocycles. The van der Waals surface area contributed by atoms with Gasteiger partial charge < -0.3 is 10.6 Å². The third-order valence-electron chi connectivity index (χ3n) is 3.44. The van der Waals surface area contributed by atoms with Crippen LogP contribution in [0.15, 0.2) is 17.6 Å². The smallest absolute Gasteiger partial charge is 0.191 e. The minimum Gasteiger partial charge on any atom is -0.356 e. The Kier molecular flexibility index (Phi) is 7.52. The molecule has 1 fully saturated rings. The Morgan fingerprint density at radius 1 is 1.29 bits per heavy atom. The molecule has 0 saturated heterocycles. The van der Waals surface area contributed by atoms with Crippen LogP contribution in [0, 0.1) is 5.92 Å². The molecule has 0 unspecified atom stereocenters. The Balaban J connectivity index is 1.96. The first-order valence-corrected chi connectivity index (χ1v) is 6.92. The standard InChI is InChI=1S/C14H27N3/c1-3-11-16-14(15-2)17-12-7-6-10-13-8-4-5-9-13/h3,13H,1,4-12H2,2H3,(H2,15,16,17). The summed E-state index contributed by atoms with van der Waals surface area (Å²) in [5, 5.41) is 6.49. The molecule has 0 atom stereocenters. The molecule has 0 heterocycles. The normalized spacial score (nSPS) is 17.1. The highest BCUT2D eigenvalue weighted by Gasteiger charge is 2.13. The van der Waals surface area contributed by atoms with Crippen LogP contribution < -0.4 is 10.6 Å². The number of hydrogen-bond donors (Lipinski definition) is 2. The van der Waals surface area contributed by atoms with Gasteiger partial charge in [0, 0.05) is 20.1 Å². The van der Waals surface area contributed by atoms with E-state index in [1.165, 1.54) is 44.9 Å². The maximum Gasteiger partial charge on any atom is 0.191 e. The second-order valence-corrected chi connectivity index (χ2v) is 4.81. The van der Waals surface area contributed by atoms with Gasteiger partial charge in [-0.15, -0.1) is 6.58 Å². The average Bonchev–Trinajstić information content (AvgIpc) is 2.85. The van der Waals surface area contributed by atoms with Crippen LogP contribution in [0.25, 0.3) is 0 Å². The van der Waals surface area contributed by atoms with Crippen molar-refractivity contribution in [1.82, 2.24) is 10.6 Å². The van der Waals surface area contributed by atoms with Crippen molar-refractivity contribution in [2.24, 2.45) is 10.9 Å². The number of aliphatic imine (C=N–C) groups is 1. The van der Waals surface area contributed by atoms with E-state index in [2.05, 4.69) is 22.2 Å². The van der Waals surface area contributed by atoms with Gasteiger partial charge in [0.1, 0.15) is 0 Å². The molecule has 1 aliphatic carbocycles. The second-order valence-electron chi connectivity index (χ2n) is 4.81. The van der Waals surface area contributed by atoms with E-state index in [4.69, 9.17) is 0 Å². The van der Waals surface area contributed by atoms with E-state index in [-0.39, 0.29) is 0 Å². The summed E-state index contributed by atoms with van der Waals surface area (Å²) in [6, 6.07) is 0. The summed E-state index contributed by atoms with van der Waals surface area (Å²) in [6.07, 6.45) is 11.7. The van der Waals surface area contributed by atoms with Crippen LogP contribution in [-0.4, -0.2) is 26.1 Å². The van der Waals surface area contributed by atoms with Gasteiger partial charge >= 0.3 is 0 Å². The summed E-state index contributed by atoms with van der Waals surface area (Å²) in [5.41, 5.74) is 0. The first-order chi connectivity index (χ1) is 8.36. The van der Waals surface area contributed by atoms with Crippen LogP contribution >= 0.6 is 0 Å². The highest BCUT2D eigenvalue weighted by Crippen LogP contribution is 2.28. The van der Waals surface area contributed by atoms with Gasteiger partial charge in [-0.2, -0.15) is 0 Å². The number of rotatable bonds is 7. The Hall–Kier alpha value is -0.990. The molecule has 2 N–H and O–H groups in total. The minimum absolute atomic E-state index is 0.766. The summed E-state index contributed by atoms with van der Waals surface area (Å²) in [5.74, 6) is 1.90. The van der Waals surface area contributed by atoms with Crippen LogP contribution in [0.3, 0.4) is 0 Å². The van der Waals surface area contributed by atoms with Crippen LogP contribution in [-0.2, 0) is 0 Å². The van der Waals surface area contributed by atoms with Crippen LogP contribution in [0.1, 0.15) is 44.9 Å². The fraction of sp³-hybridized carbons (Fsp3) is 0.786. The summed E-state index contributed by atoms with van der Waals surface area (Å²) in [7, 11) is 1.80. The molecule has 0 aromatic heterocycles. The number of nitrogens with one attached hydrogen (secondary N) is 2. The molecule has 0 amide bonds. The second kappa shape index (κ2) is 9.08. The molecule has 0 spiro atoms. The molecule has 0 bridgehead atoms. The molecular weight excluding hydrogens is 210 g/mol. The lowest BCUT2D eigenvalue weighted by Crippen LogP contribution is -2.37. The highest BCUT2D eigenvalue weighted by molar-refractivity contribution is 5.79. The van der Waals surface area contributed by atoms with E-state index in [0.717, 1.165) is 25.0 Å². The van der Waals surface area contributed by atoms with E-state index in [1.54, 1.807) is 7.05 Å². The topological polar surface area (TPSA) is 36.4 Å². The van der Waals surface area contributed by atoms with Gasteiger partial charge in [0.15, 0.2) is 5.96 Å². The van der Waals surface area contributed by atoms with Crippen molar-refractivity contribution in [3.05, 3.63) is 12.7 Å². The minimum atomic E-state index is 0.766. The zero-order valence-electron chi connectivity index (χ0n) is 11.2. The third-order valence-corrected chi connectivity index (χ3v) is 3.44. The SMILES string of the molecule is C=CCNC(=NC)NCCCCC1CCCC1. The van der Waals surface area contributed by atoms with Crippen molar-refractivity contribution in [1.29, 1.82) is 0 Å². The lowest BCUT2D eigenvalue weighted by molar-refractivity contribution is 0.472. The van der Waals surface area contributed by atoms with E-state index >= 15 is 0 Å². The first kappa shape index (κ1) is 14.1. The van der Waals surface area contributed by atoms with Crippen molar-refractivity contribution in [3.63, 3.8) is 0 Å². The highest BCUT2D eigenvalue weighted by atomic mass is 15.2. The van der Waals surface area contributed by atoms with E-state index in [1.807, 2.05) is 6.08 Å². The Bertz CT molecular complexity index is 230. The Morgan fingerprint density at radius 2 is 2.06 bits per heavy atom. The summed E-state index contributed by atoms with van der Waals surface area (Å²) in [4.78, 5) is 4.15. The van der Waals surface area contributed by atoms with Crippen LogP contribution in [0.5, 0.6) is 0 Å². The van der Waals surface area contributed by atoms with Crippen molar-refractivity contribution >= 4 is 5.96 Å². The molecule has 17 heavy (non-hydrogen) atoms. The van der Waals surface area contributed by atoms with Gasteiger partial charge in [-0.05, 0) is 12.3 Å². The molecule has 3 heteroatoms. The lowest BCUT2D eigenvalue weighted by Gasteiger charge is -2.11. The quantitative estimate of drug-likeness (QED) is 0.309. The van der Waals surface area contributed by atoms with Crippen molar-refractivity contribution in [2.75, 3.05) is 20.1 Å². The fourth-order valence-electron chi connectivity index (χ4n) is 2.45. The Morgan fingerprint density at radius 3 is 2.71 bits per heavy atom. The van der Waals surface area contributed by atoms with Crippen molar-refractivity contribution in [2.45, 2.75) is 44.9 Å². The molecule has 0 aromatic rings. The van der Waals surface area contributed by atoms with Gasteiger partial charge in [-0.3, -0.25) is 4.99 Å². The maximum absolute atomic E-state index is 4.15. The fourth-order valence-corrected chi connectivity index (χ4v) is 2.45. The monoisotopic (exact) mass is 237 g/mol. The predicted molar refractivity (Wildman–Crippen MR) is 75.4 cm³/mol. The van der Waals surface area contributed by atoms with Gasteiger partial charge in [-0.25, -0.2) is 0 Å². The maximum atomic E-state index is 4.15. The third kappa shape index (κ3) is 6.35. The van der Waals surface area contributed by atoms with Crippen LogP contribution in [0.2, 0.25) is 0 Å². The number of guanidine groups is 1. The van der Waals surface area contributed by atoms with Crippen LogP contribution in [0.4, 0.5) is 0 Å². The molecule has 1 saturated carbocycles. The Labute approximate surface area is 106 Å². The molecular formula is C14H27N3. The van der Waals surface area contributed by atoms with Crippen molar-refractivity contribution in [3.8, 4) is 0 Å². The predicted octanol–water partition coefficient (Wildman–Crippen LogP) is 2.70.